The quantitative estimate of drug-likeness (QED) is 0.240. The summed E-state index contributed by atoms with van der Waals surface area (Å²) in [5.41, 5.74) is 12.7. The van der Waals surface area contributed by atoms with Crippen LogP contribution in [0.25, 0.3) is 0 Å². The van der Waals surface area contributed by atoms with Gasteiger partial charge in [0.2, 0.25) is 9.84 Å². The van der Waals surface area contributed by atoms with Gasteiger partial charge in [-0.3, -0.25) is 0 Å². The van der Waals surface area contributed by atoms with Gasteiger partial charge in [0.15, 0.2) is 0 Å². The maximum absolute atomic E-state index is 13.0. The summed E-state index contributed by atoms with van der Waals surface area (Å²) in [4.78, 5) is 0.300. The summed E-state index contributed by atoms with van der Waals surface area (Å²) in [5.74, 6) is 2.06. The molecule has 0 radical (unpaired) electrons. The number of hydrogen-bond acceptors (Lipinski definition) is 6. The minimum atomic E-state index is -3.71. The number of halogens is 2. The van der Waals surface area contributed by atoms with Gasteiger partial charge in [-0.25, -0.2) is 8.42 Å². The topological polar surface area (TPSA) is 105 Å². The third-order valence-electron chi connectivity index (χ3n) is 4.53. The zero-order chi connectivity index (χ0) is 23.6. The van der Waals surface area contributed by atoms with Gasteiger partial charge in [0, 0.05) is 32.5 Å². The summed E-state index contributed by atoms with van der Waals surface area (Å²) < 4.78 is 39.2. The predicted molar refractivity (Wildman–Crippen MR) is 136 cm³/mol. The molecule has 0 unspecified atom stereocenters. The first-order chi connectivity index (χ1) is 15.7. The summed E-state index contributed by atoms with van der Waals surface area (Å²) in [6.45, 7) is 0. The number of anilines is 2. The molecule has 4 rings (SSSR count). The van der Waals surface area contributed by atoms with Gasteiger partial charge >= 0.3 is 0 Å². The number of nitrogen functional groups attached to an aromatic ring is 2. The van der Waals surface area contributed by atoms with Crippen molar-refractivity contribution in [3.63, 3.8) is 0 Å². The largest absolute Gasteiger partial charge is 0.457 e. The average molecular weight is 590 g/mol. The highest BCUT2D eigenvalue weighted by molar-refractivity contribution is 9.10. The summed E-state index contributed by atoms with van der Waals surface area (Å²) in [6.07, 6.45) is 0. The number of rotatable bonds is 6. The van der Waals surface area contributed by atoms with Gasteiger partial charge in [0.25, 0.3) is 0 Å². The van der Waals surface area contributed by atoms with Crippen molar-refractivity contribution in [3.8, 4) is 23.0 Å². The van der Waals surface area contributed by atoms with Crippen LogP contribution >= 0.6 is 31.9 Å². The standard InChI is InChI=1S/C24H18Br2N2O4S/c25-15-9-17(27)13-21(11-15)31-19-1-5-23(6-2-19)33(29,30)24-7-3-20(4-8-24)32-22-12-16(26)10-18(28)14-22/h1-14H,27-28H2. The first-order valence-electron chi connectivity index (χ1n) is 9.62. The number of benzene rings is 4. The van der Waals surface area contributed by atoms with Gasteiger partial charge in [-0.1, -0.05) is 31.9 Å². The van der Waals surface area contributed by atoms with Crippen molar-refractivity contribution in [1.29, 1.82) is 0 Å². The Morgan fingerprint density at radius 2 is 0.909 bits per heavy atom. The van der Waals surface area contributed by atoms with E-state index in [1.54, 1.807) is 60.7 Å². The Morgan fingerprint density at radius 3 is 1.24 bits per heavy atom. The SMILES string of the molecule is Nc1cc(Br)cc(Oc2ccc(S(=O)(=O)c3ccc(Oc4cc(N)cc(Br)c4)cc3)cc2)c1. The molecule has 0 saturated carbocycles. The summed E-state index contributed by atoms with van der Waals surface area (Å²) in [6, 6.07) is 22.8. The van der Waals surface area contributed by atoms with Gasteiger partial charge in [-0.2, -0.15) is 0 Å². The third kappa shape index (κ3) is 5.68. The van der Waals surface area contributed by atoms with Crippen LogP contribution in [0.1, 0.15) is 0 Å². The van der Waals surface area contributed by atoms with Crippen LogP contribution in [-0.4, -0.2) is 8.42 Å². The van der Waals surface area contributed by atoms with Gasteiger partial charge in [-0.15, -0.1) is 0 Å². The molecular formula is C24H18Br2N2O4S. The van der Waals surface area contributed by atoms with E-state index in [0.29, 0.717) is 34.4 Å². The molecule has 0 atom stereocenters. The lowest BCUT2D eigenvalue weighted by Gasteiger charge is -2.10. The number of ether oxygens (including phenoxy) is 2. The third-order valence-corrected chi connectivity index (χ3v) is 7.23. The van der Waals surface area contributed by atoms with E-state index in [0.717, 1.165) is 8.95 Å². The lowest BCUT2D eigenvalue weighted by Crippen LogP contribution is -2.02. The van der Waals surface area contributed by atoms with Gasteiger partial charge in [0.05, 0.1) is 9.79 Å². The van der Waals surface area contributed by atoms with Crippen molar-refractivity contribution in [2.75, 3.05) is 11.5 Å². The van der Waals surface area contributed by atoms with Crippen molar-refractivity contribution >= 4 is 53.1 Å². The smallest absolute Gasteiger partial charge is 0.206 e. The molecule has 33 heavy (non-hydrogen) atoms. The van der Waals surface area contributed by atoms with Crippen LogP contribution in [0.5, 0.6) is 23.0 Å². The molecule has 9 heteroatoms. The molecule has 0 bridgehead atoms. The molecule has 0 aliphatic carbocycles. The Bertz CT molecular complexity index is 1260. The van der Waals surface area contributed by atoms with Crippen LogP contribution in [0.3, 0.4) is 0 Å². The molecule has 0 spiro atoms. The zero-order valence-corrected chi connectivity index (χ0v) is 21.0. The fraction of sp³-hybridized carbons (Fsp3) is 0. The van der Waals surface area contributed by atoms with E-state index in [2.05, 4.69) is 31.9 Å². The van der Waals surface area contributed by atoms with Crippen LogP contribution in [0.15, 0.2) is 104 Å². The second-order valence-corrected chi connectivity index (χ2v) is 10.9. The zero-order valence-electron chi connectivity index (χ0n) is 17.0. The molecule has 0 aliphatic heterocycles. The van der Waals surface area contributed by atoms with Crippen LogP contribution < -0.4 is 20.9 Å². The van der Waals surface area contributed by atoms with E-state index in [9.17, 15) is 8.42 Å². The lowest BCUT2D eigenvalue weighted by atomic mass is 10.3. The van der Waals surface area contributed by atoms with E-state index in [4.69, 9.17) is 20.9 Å². The summed E-state index contributed by atoms with van der Waals surface area (Å²) in [7, 11) is -3.71. The molecule has 168 valence electrons. The van der Waals surface area contributed by atoms with Crippen LogP contribution in [0.2, 0.25) is 0 Å². The van der Waals surface area contributed by atoms with E-state index in [-0.39, 0.29) is 9.79 Å². The molecule has 4 N–H and O–H groups in total. The minimum Gasteiger partial charge on any atom is -0.457 e. The van der Waals surface area contributed by atoms with Gasteiger partial charge < -0.3 is 20.9 Å². The second kappa shape index (κ2) is 9.46. The molecule has 0 fully saturated rings. The molecule has 6 nitrogen and oxygen atoms in total. The molecule has 0 amide bonds. The van der Waals surface area contributed by atoms with Crippen LogP contribution in [-0.2, 0) is 9.84 Å². The Kier molecular flexibility index (Phi) is 6.64. The number of nitrogens with two attached hydrogens (primary N) is 2. The maximum Gasteiger partial charge on any atom is 0.206 e. The Balaban J connectivity index is 1.50. The highest BCUT2D eigenvalue weighted by Crippen LogP contribution is 2.31. The fourth-order valence-electron chi connectivity index (χ4n) is 3.07. The highest BCUT2D eigenvalue weighted by atomic mass is 79.9. The van der Waals surface area contributed by atoms with E-state index >= 15 is 0 Å². The average Bonchev–Trinajstić information content (AvgIpc) is 2.73. The second-order valence-electron chi connectivity index (χ2n) is 7.09. The number of hydrogen-bond donors (Lipinski definition) is 2. The summed E-state index contributed by atoms with van der Waals surface area (Å²) in [5, 5.41) is 0. The van der Waals surface area contributed by atoms with Gasteiger partial charge in [-0.05, 0) is 72.8 Å². The van der Waals surface area contributed by atoms with E-state index in [1.807, 2.05) is 0 Å². The molecule has 0 heterocycles. The Labute approximate surface area is 208 Å². The van der Waals surface area contributed by atoms with Crippen LogP contribution in [0.4, 0.5) is 11.4 Å². The molecule has 0 aliphatic rings. The Morgan fingerprint density at radius 1 is 0.545 bits per heavy atom. The molecule has 0 aromatic heterocycles. The van der Waals surface area contributed by atoms with Crippen LogP contribution in [0, 0.1) is 0 Å². The van der Waals surface area contributed by atoms with Gasteiger partial charge in [0.1, 0.15) is 23.0 Å². The van der Waals surface area contributed by atoms with Crippen molar-refractivity contribution in [2.24, 2.45) is 0 Å². The van der Waals surface area contributed by atoms with Crippen molar-refractivity contribution in [3.05, 3.63) is 93.9 Å². The fourth-order valence-corrected chi connectivity index (χ4v) is 5.31. The predicted octanol–water partition coefficient (Wildman–Crippen LogP) is 6.79. The summed E-state index contributed by atoms with van der Waals surface area (Å²) >= 11 is 6.73. The Hall–Kier alpha value is -3.01. The number of sulfone groups is 1. The maximum atomic E-state index is 13.0. The first kappa shape index (κ1) is 23.2. The minimum absolute atomic E-state index is 0.150. The molecular weight excluding hydrogens is 572 g/mol. The first-order valence-corrected chi connectivity index (χ1v) is 12.7. The lowest BCUT2D eigenvalue weighted by molar-refractivity contribution is 0.482. The van der Waals surface area contributed by atoms with Crippen molar-refractivity contribution < 1.29 is 17.9 Å². The van der Waals surface area contributed by atoms with Crippen molar-refractivity contribution in [2.45, 2.75) is 9.79 Å². The van der Waals surface area contributed by atoms with Crippen molar-refractivity contribution in [1.82, 2.24) is 0 Å². The monoisotopic (exact) mass is 588 g/mol. The van der Waals surface area contributed by atoms with E-state index < -0.39 is 9.84 Å². The molecule has 4 aromatic carbocycles. The normalized spacial score (nSPS) is 11.2. The molecule has 0 saturated heterocycles. The van der Waals surface area contributed by atoms with E-state index in [1.165, 1.54) is 24.3 Å². The molecule has 4 aromatic rings. The highest BCUT2D eigenvalue weighted by Gasteiger charge is 2.18.